The molecule has 5 heteroatoms. The first kappa shape index (κ1) is 12.9. The van der Waals surface area contributed by atoms with Gasteiger partial charge < -0.3 is 10.1 Å². The molecule has 0 unspecified atom stereocenters. The number of ether oxygens (including phenoxy) is 1. The molecule has 1 aromatic carbocycles. The minimum absolute atomic E-state index is 0.0905. The number of nitrogens with one attached hydrogen (secondary N) is 1. The molecule has 1 aromatic rings. The summed E-state index contributed by atoms with van der Waals surface area (Å²) < 4.78 is 15.9. The van der Waals surface area contributed by atoms with E-state index < -0.39 is 10.8 Å². The number of carbonyl (C=O) groups excluding carboxylic acids is 1. The molecule has 1 atom stereocenters. The first-order valence-corrected chi connectivity index (χ1v) is 6.41. The zero-order valence-electron chi connectivity index (χ0n) is 9.36. The molecule has 0 aliphatic carbocycles. The van der Waals surface area contributed by atoms with Crippen molar-refractivity contribution in [2.24, 2.45) is 0 Å². The highest BCUT2D eigenvalue weighted by molar-refractivity contribution is 7.84. The highest BCUT2D eigenvalue weighted by atomic mass is 32.2. The van der Waals surface area contributed by atoms with Gasteiger partial charge in [0.2, 0.25) is 5.91 Å². The van der Waals surface area contributed by atoms with Gasteiger partial charge in [-0.1, -0.05) is 0 Å². The molecule has 0 saturated carbocycles. The molecule has 1 amide bonds. The molecular formula is C11H15NO3S. The van der Waals surface area contributed by atoms with E-state index >= 15 is 0 Å². The minimum atomic E-state index is -0.987. The predicted octanol–water partition coefficient (Wildman–Crippen LogP) is 1.40. The molecule has 0 spiro atoms. The van der Waals surface area contributed by atoms with Gasteiger partial charge in [0.1, 0.15) is 0 Å². The second-order valence-corrected chi connectivity index (χ2v) is 4.65. The van der Waals surface area contributed by atoms with Crippen LogP contribution in [0.5, 0.6) is 0 Å². The van der Waals surface area contributed by atoms with Gasteiger partial charge in [-0.15, -0.1) is 0 Å². The molecule has 0 aliphatic heterocycles. The first-order chi connectivity index (χ1) is 7.63. The van der Waals surface area contributed by atoms with E-state index in [1.807, 2.05) is 0 Å². The van der Waals surface area contributed by atoms with Crippen molar-refractivity contribution in [3.63, 3.8) is 0 Å². The topological polar surface area (TPSA) is 55.4 Å². The van der Waals surface area contributed by atoms with Crippen LogP contribution in [0.3, 0.4) is 0 Å². The van der Waals surface area contributed by atoms with Crippen molar-refractivity contribution in [1.82, 2.24) is 0 Å². The van der Waals surface area contributed by atoms with Crippen molar-refractivity contribution in [3.8, 4) is 0 Å². The van der Waals surface area contributed by atoms with Gasteiger partial charge in [0.25, 0.3) is 0 Å². The maximum absolute atomic E-state index is 11.3. The van der Waals surface area contributed by atoms with Gasteiger partial charge in [-0.3, -0.25) is 9.00 Å². The maximum atomic E-state index is 11.3. The molecule has 0 saturated heterocycles. The number of anilines is 1. The minimum Gasteiger partial charge on any atom is -0.384 e. The lowest BCUT2D eigenvalue weighted by molar-refractivity contribution is -0.117. The average Bonchev–Trinajstić information content (AvgIpc) is 2.27. The van der Waals surface area contributed by atoms with Gasteiger partial charge in [-0.25, -0.2) is 0 Å². The summed E-state index contributed by atoms with van der Waals surface area (Å²) in [6, 6.07) is 6.95. The SMILES string of the molecule is COCCC(=O)Nc1ccc([S@](C)=O)cc1. The van der Waals surface area contributed by atoms with E-state index in [0.29, 0.717) is 18.7 Å². The molecule has 1 rings (SSSR count). The Morgan fingerprint density at radius 3 is 2.50 bits per heavy atom. The molecule has 1 N–H and O–H groups in total. The zero-order valence-corrected chi connectivity index (χ0v) is 10.2. The summed E-state index contributed by atoms with van der Waals surface area (Å²) in [6.07, 6.45) is 1.95. The van der Waals surface area contributed by atoms with Crippen molar-refractivity contribution < 1.29 is 13.7 Å². The van der Waals surface area contributed by atoms with E-state index in [1.165, 1.54) is 0 Å². The summed E-state index contributed by atoms with van der Waals surface area (Å²) >= 11 is 0. The third kappa shape index (κ3) is 4.12. The standard InChI is InChI=1S/C11H15NO3S/c1-15-8-7-11(13)12-9-3-5-10(6-4-9)16(2)14/h3-6H,7-8H2,1-2H3,(H,12,13)/t16-/m0/s1. The molecule has 0 fully saturated rings. The van der Waals surface area contributed by atoms with Crippen molar-refractivity contribution in [2.75, 3.05) is 25.3 Å². The summed E-state index contributed by atoms with van der Waals surface area (Å²) in [5.74, 6) is -0.0905. The van der Waals surface area contributed by atoms with Gasteiger partial charge >= 0.3 is 0 Å². The van der Waals surface area contributed by atoms with Gasteiger partial charge in [-0.05, 0) is 24.3 Å². The van der Waals surface area contributed by atoms with Crippen LogP contribution >= 0.6 is 0 Å². The number of rotatable bonds is 5. The number of hydrogen-bond donors (Lipinski definition) is 1. The fourth-order valence-electron chi connectivity index (χ4n) is 1.15. The molecule has 0 bridgehead atoms. The van der Waals surface area contributed by atoms with Gasteiger partial charge in [0.05, 0.1) is 13.0 Å². The fourth-order valence-corrected chi connectivity index (χ4v) is 1.67. The largest absolute Gasteiger partial charge is 0.384 e. The quantitative estimate of drug-likeness (QED) is 0.847. The van der Waals surface area contributed by atoms with Crippen molar-refractivity contribution in [1.29, 1.82) is 0 Å². The maximum Gasteiger partial charge on any atom is 0.226 e. The second kappa shape index (κ2) is 6.40. The Hall–Kier alpha value is -1.20. The second-order valence-electron chi connectivity index (χ2n) is 3.27. The van der Waals surface area contributed by atoms with Crippen LogP contribution in [-0.4, -0.2) is 30.1 Å². The van der Waals surface area contributed by atoms with E-state index in [4.69, 9.17) is 4.74 Å². The number of methoxy groups -OCH3 is 1. The molecule has 16 heavy (non-hydrogen) atoms. The Morgan fingerprint density at radius 1 is 1.38 bits per heavy atom. The Balaban J connectivity index is 2.55. The molecule has 88 valence electrons. The molecular weight excluding hydrogens is 226 g/mol. The van der Waals surface area contributed by atoms with Gasteiger partial charge in [0.15, 0.2) is 0 Å². The van der Waals surface area contributed by atoms with Crippen LogP contribution in [0.15, 0.2) is 29.2 Å². The van der Waals surface area contributed by atoms with Gasteiger partial charge in [0, 0.05) is 34.7 Å². The van der Waals surface area contributed by atoms with Crippen LogP contribution in [-0.2, 0) is 20.3 Å². The molecule has 0 radical (unpaired) electrons. The monoisotopic (exact) mass is 241 g/mol. The highest BCUT2D eigenvalue weighted by Crippen LogP contribution is 2.11. The molecule has 4 nitrogen and oxygen atoms in total. The van der Waals surface area contributed by atoms with E-state index in [2.05, 4.69) is 5.32 Å². The number of benzene rings is 1. The Labute approximate surface area is 97.5 Å². The van der Waals surface area contributed by atoms with Crippen LogP contribution in [0.1, 0.15) is 6.42 Å². The van der Waals surface area contributed by atoms with E-state index in [1.54, 1.807) is 37.6 Å². The Bertz CT molecular complexity index is 375. The van der Waals surface area contributed by atoms with Crippen LogP contribution in [0, 0.1) is 0 Å². The predicted molar refractivity (Wildman–Crippen MR) is 63.9 cm³/mol. The number of hydrogen-bond acceptors (Lipinski definition) is 3. The lowest BCUT2D eigenvalue weighted by Crippen LogP contribution is -2.13. The van der Waals surface area contributed by atoms with Crippen molar-refractivity contribution >= 4 is 22.4 Å². The van der Waals surface area contributed by atoms with Crippen LogP contribution < -0.4 is 5.32 Å². The van der Waals surface area contributed by atoms with Crippen molar-refractivity contribution in [2.45, 2.75) is 11.3 Å². The summed E-state index contributed by atoms with van der Waals surface area (Å²) in [5, 5.41) is 2.72. The van der Waals surface area contributed by atoms with Crippen LogP contribution in [0.2, 0.25) is 0 Å². The highest BCUT2D eigenvalue weighted by Gasteiger charge is 2.02. The van der Waals surface area contributed by atoms with Gasteiger partial charge in [-0.2, -0.15) is 0 Å². The number of amides is 1. The summed E-state index contributed by atoms with van der Waals surface area (Å²) in [5.41, 5.74) is 0.704. The van der Waals surface area contributed by atoms with Crippen LogP contribution in [0.4, 0.5) is 5.69 Å². The third-order valence-electron chi connectivity index (χ3n) is 2.00. The summed E-state index contributed by atoms with van der Waals surface area (Å²) in [7, 11) is 0.567. The van der Waals surface area contributed by atoms with E-state index in [0.717, 1.165) is 4.90 Å². The Kier molecular flexibility index (Phi) is 5.14. The number of carbonyl (C=O) groups is 1. The van der Waals surface area contributed by atoms with Crippen molar-refractivity contribution in [3.05, 3.63) is 24.3 Å². The van der Waals surface area contributed by atoms with E-state index in [-0.39, 0.29) is 5.91 Å². The Morgan fingerprint density at radius 2 is 2.00 bits per heavy atom. The average molecular weight is 241 g/mol. The lowest BCUT2D eigenvalue weighted by Gasteiger charge is -2.05. The first-order valence-electron chi connectivity index (χ1n) is 4.86. The summed E-state index contributed by atoms with van der Waals surface area (Å²) in [6.45, 7) is 0.406. The fraction of sp³-hybridized carbons (Fsp3) is 0.364. The molecule has 0 aliphatic rings. The molecule has 0 heterocycles. The molecule has 0 aromatic heterocycles. The van der Waals surface area contributed by atoms with Crippen LogP contribution in [0.25, 0.3) is 0 Å². The lowest BCUT2D eigenvalue weighted by atomic mass is 10.3. The zero-order chi connectivity index (χ0) is 12.0. The van der Waals surface area contributed by atoms with E-state index in [9.17, 15) is 9.00 Å². The third-order valence-corrected chi connectivity index (χ3v) is 2.94. The smallest absolute Gasteiger partial charge is 0.226 e. The normalized spacial score (nSPS) is 12.1. The summed E-state index contributed by atoms with van der Waals surface area (Å²) in [4.78, 5) is 12.1.